The van der Waals surface area contributed by atoms with Crippen molar-refractivity contribution >= 4 is 23.3 Å². The number of rotatable bonds is 9. The van der Waals surface area contributed by atoms with Crippen molar-refractivity contribution in [3.63, 3.8) is 0 Å². The van der Waals surface area contributed by atoms with Gasteiger partial charge in [0.1, 0.15) is 5.69 Å². The molecule has 11 nitrogen and oxygen atoms in total. The number of anilines is 1. The molecule has 34 heavy (non-hydrogen) atoms. The molecule has 3 rings (SSSR count). The number of nitro benzene ring substituents is 1. The third kappa shape index (κ3) is 5.55. The van der Waals surface area contributed by atoms with Gasteiger partial charge in [0, 0.05) is 18.1 Å². The fourth-order valence-corrected chi connectivity index (χ4v) is 3.32. The molecule has 11 heteroatoms. The molecule has 1 aliphatic rings. The fraction of sp³-hybridized carbons (Fsp3) is 0.304. The van der Waals surface area contributed by atoms with E-state index in [1.807, 2.05) is 0 Å². The summed E-state index contributed by atoms with van der Waals surface area (Å²) in [6.07, 6.45) is 2.67. The summed E-state index contributed by atoms with van der Waals surface area (Å²) in [6.45, 7) is 3.74. The van der Waals surface area contributed by atoms with Crippen LogP contribution in [-0.4, -0.2) is 50.8 Å². The summed E-state index contributed by atoms with van der Waals surface area (Å²) in [4.78, 5) is 35.8. The maximum absolute atomic E-state index is 12.6. The average molecular weight is 472 g/mol. The minimum absolute atomic E-state index is 0.102. The molecule has 0 unspecified atom stereocenters. The Balaban J connectivity index is 1.73. The first-order valence-electron chi connectivity index (χ1n) is 10.3. The van der Waals surface area contributed by atoms with Gasteiger partial charge in [-0.15, -0.1) is 6.58 Å². The number of allylic oxidation sites excluding steroid dienone is 1. The van der Waals surface area contributed by atoms with Crippen LogP contribution in [0.15, 0.2) is 36.9 Å². The van der Waals surface area contributed by atoms with Gasteiger partial charge >= 0.3 is 5.97 Å². The molecule has 180 valence electrons. The predicted octanol–water partition coefficient (Wildman–Crippen LogP) is 3.30. The Kier molecular flexibility index (Phi) is 7.91. The number of ether oxygens (including phenoxy) is 5. The van der Waals surface area contributed by atoms with Crippen LogP contribution in [0.25, 0.3) is 0 Å². The maximum atomic E-state index is 12.6. The summed E-state index contributed by atoms with van der Waals surface area (Å²) in [5.74, 6) is -0.278. The van der Waals surface area contributed by atoms with E-state index in [2.05, 4.69) is 11.9 Å². The molecule has 1 heterocycles. The van der Waals surface area contributed by atoms with Gasteiger partial charge in [0.05, 0.1) is 44.0 Å². The quantitative estimate of drug-likeness (QED) is 0.252. The number of methoxy groups -OCH3 is 2. The van der Waals surface area contributed by atoms with Crippen molar-refractivity contribution in [1.29, 1.82) is 0 Å². The molecule has 0 atom stereocenters. The topological polar surface area (TPSA) is 135 Å². The number of amides is 1. The third-order valence-electron chi connectivity index (χ3n) is 4.83. The molecular weight excluding hydrogens is 448 g/mol. The molecule has 0 radical (unpaired) electrons. The number of esters is 1. The average Bonchev–Trinajstić information content (AvgIpc) is 3.06. The first-order valence-corrected chi connectivity index (χ1v) is 10.3. The highest BCUT2D eigenvalue weighted by Gasteiger charge is 2.24. The van der Waals surface area contributed by atoms with Gasteiger partial charge in [-0.1, -0.05) is 6.08 Å². The first-order chi connectivity index (χ1) is 16.4. The van der Waals surface area contributed by atoms with Crippen molar-refractivity contribution in [1.82, 2.24) is 0 Å². The van der Waals surface area contributed by atoms with Crippen LogP contribution in [0, 0.1) is 10.1 Å². The Morgan fingerprint density at radius 2 is 1.85 bits per heavy atom. The standard InChI is InChI=1S/C23H24N2O9/c1-4-6-14-9-15(10-20(30-2)22(14)31-3)23(27)34-13-21(26)24-16-11-18-19(12-17(16)25(28)29)33-8-5-7-32-18/h4,9-12H,1,5-8,13H2,2-3H3,(H,24,26). The number of nitro groups is 1. The molecular formula is C23H24N2O9. The fourth-order valence-electron chi connectivity index (χ4n) is 3.32. The van der Waals surface area contributed by atoms with Crippen LogP contribution in [0.4, 0.5) is 11.4 Å². The lowest BCUT2D eigenvalue weighted by atomic mass is 10.1. The number of carbonyl (C=O) groups excluding carboxylic acids is 2. The number of benzene rings is 2. The molecule has 0 aliphatic carbocycles. The number of nitrogens with one attached hydrogen (secondary N) is 1. The van der Waals surface area contributed by atoms with Crippen LogP contribution in [0.1, 0.15) is 22.3 Å². The molecule has 0 bridgehead atoms. The van der Waals surface area contributed by atoms with Crippen molar-refractivity contribution in [2.24, 2.45) is 0 Å². The number of hydrogen-bond donors (Lipinski definition) is 1. The number of carbonyl (C=O) groups is 2. The van der Waals surface area contributed by atoms with E-state index in [9.17, 15) is 19.7 Å². The van der Waals surface area contributed by atoms with Crippen LogP contribution in [0.3, 0.4) is 0 Å². The Morgan fingerprint density at radius 1 is 1.15 bits per heavy atom. The number of nitrogens with zero attached hydrogens (tertiary/aromatic N) is 1. The van der Waals surface area contributed by atoms with Gasteiger partial charge in [-0.3, -0.25) is 14.9 Å². The summed E-state index contributed by atoms with van der Waals surface area (Å²) >= 11 is 0. The third-order valence-corrected chi connectivity index (χ3v) is 4.83. The highest BCUT2D eigenvalue weighted by Crippen LogP contribution is 2.39. The second-order valence-electron chi connectivity index (χ2n) is 7.11. The Hall–Kier alpha value is -4.28. The first kappa shape index (κ1) is 24.4. The van der Waals surface area contributed by atoms with E-state index < -0.39 is 23.4 Å². The molecule has 0 fully saturated rings. The zero-order valence-corrected chi connectivity index (χ0v) is 18.8. The largest absolute Gasteiger partial charge is 0.493 e. The van der Waals surface area contributed by atoms with Crippen LogP contribution in [-0.2, 0) is 16.0 Å². The molecule has 0 saturated carbocycles. The summed E-state index contributed by atoms with van der Waals surface area (Å²) in [6, 6.07) is 5.49. The van der Waals surface area contributed by atoms with Crippen LogP contribution in [0.5, 0.6) is 23.0 Å². The van der Waals surface area contributed by atoms with E-state index in [0.29, 0.717) is 43.1 Å². The lowest BCUT2D eigenvalue weighted by molar-refractivity contribution is -0.384. The molecule has 0 aromatic heterocycles. The van der Waals surface area contributed by atoms with E-state index in [1.165, 1.54) is 32.4 Å². The van der Waals surface area contributed by atoms with Gasteiger partial charge in [-0.25, -0.2) is 4.79 Å². The predicted molar refractivity (Wildman–Crippen MR) is 121 cm³/mol. The maximum Gasteiger partial charge on any atom is 0.338 e. The summed E-state index contributed by atoms with van der Waals surface area (Å²) in [5, 5.41) is 13.9. The van der Waals surface area contributed by atoms with E-state index in [4.69, 9.17) is 23.7 Å². The SMILES string of the molecule is C=CCc1cc(C(=O)OCC(=O)Nc2cc3c(cc2[N+](=O)[O-])OCCCO3)cc(OC)c1OC. The molecule has 2 aromatic rings. The Bertz CT molecular complexity index is 1110. The van der Waals surface area contributed by atoms with Crippen LogP contribution < -0.4 is 24.3 Å². The lowest BCUT2D eigenvalue weighted by Crippen LogP contribution is -2.21. The van der Waals surface area contributed by atoms with E-state index >= 15 is 0 Å². The number of fused-ring (bicyclic) bond motifs is 1. The lowest BCUT2D eigenvalue weighted by Gasteiger charge is -2.14. The minimum atomic E-state index is -0.783. The summed E-state index contributed by atoms with van der Waals surface area (Å²) in [7, 11) is 2.91. The van der Waals surface area contributed by atoms with Crippen molar-refractivity contribution < 1.29 is 38.2 Å². The Labute approximate surface area is 195 Å². The van der Waals surface area contributed by atoms with Crippen molar-refractivity contribution in [3.05, 3.63) is 58.2 Å². The van der Waals surface area contributed by atoms with Crippen molar-refractivity contribution in [3.8, 4) is 23.0 Å². The van der Waals surface area contributed by atoms with E-state index in [-0.39, 0.29) is 28.4 Å². The highest BCUT2D eigenvalue weighted by molar-refractivity contribution is 5.97. The van der Waals surface area contributed by atoms with E-state index in [0.717, 1.165) is 0 Å². The van der Waals surface area contributed by atoms with E-state index in [1.54, 1.807) is 12.1 Å². The number of hydrogen-bond acceptors (Lipinski definition) is 9. The van der Waals surface area contributed by atoms with Crippen molar-refractivity contribution in [2.75, 3.05) is 39.4 Å². The minimum Gasteiger partial charge on any atom is -0.493 e. The normalized spacial score (nSPS) is 12.2. The van der Waals surface area contributed by atoms with Crippen molar-refractivity contribution in [2.45, 2.75) is 12.8 Å². The highest BCUT2D eigenvalue weighted by atomic mass is 16.6. The van der Waals surface area contributed by atoms with Gasteiger partial charge in [0.25, 0.3) is 11.6 Å². The van der Waals surface area contributed by atoms with Gasteiger partial charge in [0.2, 0.25) is 0 Å². The molecule has 1 aliphatic heterocycles. The zero-order valence-electron chi connectivity index (χ0n) is 18.8. The summed E-state index contributed by atoms with van der Waals surface area (Å²) < 4.78 is 26.7. The van der Waals surface area contributed by atoms with Gasteiger partial charge in [-0.2, -0.15) is 0 Å². The molecule has 1 N–H and O–H groups in total. The second kappa shape index (κ2) is 11.0. The molecule has 0 spiro atoms. The van der Waals surface area contributed by atoms with Gasteiger partial charge < -0.3 is 29.0 Å². The summed E-state index contributed by atoms with van der Waals surface area (Å²) in [5.41, 5.74) is 0.313. The molecule has 0 saturated heterocycles. The van der Waals surface area contributed by atoms with Crippen LogP contribution in [0.2, 0.25) is 0 Å². The monoisotopic (exact) mass is 472 g/mol. The van der Waals surface area contributed by atoms with Crippen LogP contribution >= 0.6 is 0 Å². The smallest absolute Gasteiger partial charge is 0.338 e. The van der Waals surface area contributed by atoms with Gasteiger partial charge in [0.15, 0.2) is 29.6 Å². The Morgan fingerprint density at radius 3 is 2.47 bits per heavy atom. The molecule has 2 aromatic carbocycles. The second-order valence-corrected chi connectivity index (χ2v) is 7.11. The van der Waals surface area contributed by atoms with Gasteiger partial charge in [-0.05, 0) is 18.6 Å². The molecule has 1 amide bonds. The zero-order chi connectivity index (χ0) is 24.7.